The molecule has 2 N–H and O–H groups in total. The first-order valence-electron chi connectivity index (χ1n) is 8.73. The summed E-state index contributed by atoms with van der Waals surface area (Å²) in [6, 6.07) is 11.0. The zero-order valence-electron chi connectivity index (χ0n) is 16.2. The minimum Gasteiger partial charge on any atom is -0.495 e. The molecular formula is C19H21F3N2O5S. The van der Waals surface area contributed by atoms with Crippen molar-refractivity contribution in [3.63, 3.8) is 0 Å². The maximum Gasteiger partial charge on any atom is 0.411 e. The van der Waals surface area contributed by atoms with Crippen LogP contribution in [0.4, 0.5) is 18.9 Å². The molecule has 7 nitrogen and oxygen atoms in total. The highest BCUT2D eigenvalue weighted by Crippen LogP contribution is 2.26. The molecule has 164 valence electrons. The second kappa shape index (κ2) is 9.81. The van der Waals surface area contributed by atoms with E-state index in [1.54, 1.807) is 18.2 Å². The molecule has 0 aliphatic heterocycles. The largest absolute Gasteiger partial charge is 0.495 e. The number of carbonyl (C=O) groups excluding carboxylic acids is 1. The maximum atomic E-state index is 12.7. The number of nitrogens with one attached hydrogen (secondary N) is 2. The standard InChI is InChI=1S/C19H21F3N2O5S/c1-13(11-29-12-19(20,21)22)23-18(25)14-6-5-7-15(10-14)30(26,27)24-16-8-3-4-9-17(16)28-2/h3-10,13,24H,11-12H2,1-2H3,(H,23,25). The van der Waals surface area contributed by atoms with Crippen molar-refractivity contribution in [1.82, 2.24) is 5.32 Å². The van der Waals surface area contributed by atoms with Crippen molar-refractivity contribution < 1.29 is 35.9 Å². The summed E-state index contributed by atoms with van der Waals surface area (Å²) in [5, 5.41) is 2.46. The van der Waals surface area contributed by atoms with E-state index in [-0.39, 0.29) is 22.8 Å². The van der Waals surface area contributed by atoms with Gasteiger partial charge in [0.05, 0.1) is 24.3 Å². The predicted octanol–water partition coefficient (Wildman–Crippen LogP) is 3.19. The molecule has 0 aliphatic carbocycles. The van der Waals surface area contributed by atoms with Gasteiger partial charge in [-0.25, -0.2) is 8.42 Å². The Hall–Kier alpha value is -2.79. The number of methoxy groups -OCH3 is 1. The lowest BCUT2D eigenvalue weighted by Crippen LogP contribution is -2.37. The van der Waals surface area contributed by atoms with Crippen molar-refractivity contribution in [2.24, 2.45) is 0 Å². The highest BCUT2D eigenvalue weighted by atomic mass is 32.2. The SMILES string of the molecule is COc1ccccc1NS(=O)(=O)c1cccc(C(=O)NC(C)COCC(F)(F)F)c1. The summed E-state index contributed by atoms with van der Waals surface area (Å²) in [5.41, 5.74) is 0.255. The van der Waals surface area contributed by atoms with E-state index < -0.39 is 34.8 Å². The second-order valence-corrected chi connectivity index (χ2v) is 8.02. The molecule has 1 unspecified atom stereocenters. The van der Waals surface area contributed by atoms with E-state index in [0.717, 1.165) is 6.07 Å². The van der Waals surface area contributed by atoms with Crippen LogP contribution in [0.15, 0.2) is 53.4 Å². The number of rotatable bonds is 9. The molecule has 0 spiro atoms. The van der Waals surface area contributed by atoms with Crippen LogP contribution in [0.1, 0.15) is 17.3 Å². The van der Waals surface area contributed by atoms with Crippen LogP contribution in [0.2, 0.25) is 0 Å². The lowest BCUT2D eigenvalue weighted by Gasteiger charge is -2.16. The molecule has 2 aromatic rings. The highest BCUT2D eigenvalue weighted by molar-refractivity contribution is 7.92. The van der Waals surface area contributed by atoms with E-state index in [0.29, 0.717) is 5.75 Å². The van der Waals surface area contributed by atoms with Gasteiger partial charge in [0.2, 0.25) is 0 Å². The number of hydrogen-bond donors (Lipinski definition) is 2. The Balaban J connectivity index is 2.08. The normalized spacial score (nSPS) is 12.8. The molecule has 0 fully saturated rings. The van der Waals surface area contributed by atoms with Gasteiger partial charge in [0.15, 0.2) is 0 Å². The fourth-order valence-electron chi connectivity index (χ4n) is 2.44. The van der Waals surface area contributed by atoms with E-state index in [2.05, 4.69) is 14.8 Å². The third-order valence-corrected chi connectivity index (χ3v) is 5.13. The number of benzene rings is 2. The topological polar surface area (TPSA) is 93.7 Å². The van der Waals surface area contributed by atoms with Gasteiger partial charge in [-0.05, 0) is 37.3 Å². The van der Waals surface area contributed by atoms with E-state index in [4.69, 9.17) is 4.74 Å². The van der Waals surface area contributed by atoms with Crippen LogP contribution >= 0.6 is 0 Å². The van der Waals surface area contributed by atoms with Crippen LogP contribution in [-0.4, -0.2) is 46.9 Å². The summed E-state index contributed by atoms with van der Waals surface area (Å²) < 4.78 is 73.7. The zero-order chi connectivity index (χ0) is 22.4. The smallest absolute Gasteiger partial charge is 0.411 e. The Labute approximate surface area is 172 Å². The van der Waals surface area contributed by atoms with E-state index in [1.807, 2.05) is 0 Å². The number of sulfonamides is 1. The molecule has 1 atom stereocenters. The minimum atomic E-state index is -4.46. The van der Waals surface area contributed by atoms with Gasteiger partial charge in [0, 0.05) is 11.6 Å². The molecule has 0 aromatic heterocycles. The molecule has 2 rings (SSSR count). The summed E-state index contributed by atoms with van der Waals surface area (Å²) in [4.78, 5) is 12.2. The average molecular weight is 446 g/mol. The number of halogens is 3. The summed E-state index contributed by atoms with van der Waals surface area (Å²) >= 11 is 0. The van der Waals surface area contributed by atoms with Crippen molar-refractivity contribution >= 4 is 21.6 Å². The van der Waals surface area contributed by atoms with E-state index in [9.17, 15) is 26.4 Å². The van der Waals surface area contributed by atoms with Crippen LogP contribution in [0.25, 0.3) is 0 Å². The molecule has 0 saturated heterocycles. The third-order valence-electron chi connectivity index (χ3n) is 3.77. The van der Waals surface area contributed by atoms with Gasteiger partial charge < -0.3 is 14.8 Å². The number of ether oxygens (including phenoxy) is 2. The minimum absolute atomic E-state index is 0.0283. The number of hydrogen-bond acceptors (Lipinski definition) is 5. The van der Waals surface area contributed by atoms with Gasteiger partial charge in [0.1, 0.15) is 12.4 Å². The molecule has 1 amide bonds. The zero-order valence-corrected chi connectivity index (χ0v) is 17.0. The Kier molecular flexibility index (Phi) is 7.68. The number of amides is 1. The van der Waals surface area contributed by atoms with Gasteiger partial charge in [-0.3, -0.25) is 9.52 Å². The monoisotopic (exact) mass is 446 g/mol. The first kappa shape index (κ1) is 23.5. The van der Waals surface area contributed by atoms with Crippen molar-refractivity contribution in [2.75, 3.05) is 25.0 Å². The molecule has 30 heavy (non-hydrogen) atoms. The first-order chi connectivity index (χ1) is 14.0. The summed E-state index contributed by atoms with van der Waals surface area (Å²) in [5.74, 6) is -0.324. The molecule has 11 heteroatoms. The fourth-order valence-corrected chi connectivity index (χ4v) is 3.55. The maximum absolute atomic E-state index is 12.7. The van der Waals surface area contributed by atoms with Crippen molar-refractivity contribution in [1.29, 1.82) is 0 Å². The van der Waals surface area contributed by atoms with Crippen molar-refractivity contribution in [2.45, 2.75) is 24.0 Å². The lowest BCUT2D eigenvalue weighted by molar-refractivity contribution is -0.174. The molecule has 0 aliphatic rings. The average Bonchev–Trinajstić information content (AvgIpc) is 2.67. The highest BCUT2D eigenvalue weighted by Gasteiger charge is 2.27. The Morgan fingerprint density at radius 3 is 2.50 bits per heavy atom. The van der Waals surface area contributed by atoms with Gasteiger partial charge in [-0.2, -0.15) is 13.2 Å². The number of alkyl halides is 3. The van der Waals surface area contributed by atoms with Crippen LogP contribution < -0.4 is 14.8 Å². The van der Waals surface area contributed by atoms with Gasteiger partial charge in [-0.1, -0.05) is 18.2 Å². The fraction of sp³-hybridized carbons (Fsp3) is 0.316. The van der Waals surface area contributed by atoms with Crippen LogP contribution in [0, 0.1) is 0 Å². The van der Waals surface area contributed by atoms with Crippen molar-refractivity contribution in [3.05, 3.63) is 54.1 Å². The van der Waals surface area contributed by atoms with Gasteiger partial charge in [0.25, 0.3) is 15.9 Å². The van der Waals surface area contributed by atoms with E-state index >= 15 is 0 Å². The summed E-state index contributed by atoms with van der Waals surface area (Å²) in [6.07, 6.45) is -4.46. The molecule has 0 bridgehead atoms. The first-order valence-corrected chi connectivity index (χ1v) is 10.2. The summed E-state index contributed by atoms with van der Waals surface area (Å²) in [6.45, 7) is -0.299. The number of carbonyl (C=O) groups is 1. The predicted molar refractivity (Wildman–Crippen MR) is 104 cm³/mol. The molecule has 0 heterocycles. The second-order valence-electron chi connectivity index (χ2n) is 6.34. The van der Waals surface area contributed by atoms with Crippen LogP contribution in [0.3, 0.4) is 0 Å². The molecule has 0 radical (unpaired) electrons. The lowest BCUT2D eigenvalue weighted by atomic mass is 10.2. The number of para-hydroxylation sites is 2. The summed E-state index contributed by atoms with van der Waals surface area (Å²) in [7, 11) is -2.62. The van der Waals surface area contributed by atoms with E-state index in [1.165, 1.54) is 38.3 Å². The molecule has 0 saturated carbocycles. The van der Waals surface area contributed by atoms with Crippen LogP contribution in [-0.2, 0) is 14.8 Å². The Morgan fingerprint density at radius 1 is 1.13 bits per heavy atom. The number of anilines is 1. The van der Waals surface area contributed by atoms with Crippen molar-refractivity contribution in [3.8, 4) is 5.75 Å². The Bertz CT molecular complexity index is 980. The van der Waals surface area contributed by atoms with Gasteiger partial charge in [-0.15, -0.1) is 0 Å². The van der Waals surface area contributed by atoms with Crippen LogP contribution in [0.5, 0.6) is 5.75 Å². The Morgan fingerprint density at radius 2 is 1.83 bits per heavy atom. The molecular weight excluding hydrogens is 425 g/mol. The van der Waals surface area contributed by atoms with Gasteiger partial charge >= 0.3 is 6.18 Å². The quantitative estimate of drug-likeness (QED) is 0.617. The third kappa shape index (κ3) is 6.92. The molecule has 2 aromatic carbocycles.